The second-order valence-electron chi connectivity index (χ2n) is 7.10. The fourth-order valence-corrected chi connectivity index (χ4v) is 3.72. The summed E-state index contributed by atoms with van der Waals surface area (Å²) in [6, 6.07) is 18.8. The van der Waals surface area contributed by atoms with Gasteiger partial charge in [-0.25, -0.2) is 4.79 Å². The smallest absolute Gasteiger partial charge is 0.329 e. The predicted molar refractivity (Wildman–Crippen MR) is 126 cm³/mol. The summed E-state index contributed by atoms with van der Waals surface area (Å²) < 4.78 is 5.15. The molecule has 30 heavy (non-hydrogen) atoms. The molecular formula is C22H29Cl3N2O3. The van der Waals surface area contributed by atoms with Gasteiger partial charge in [0.05, 0.1) is 6.61 Å². The van der Waals surface area contributed by atoms with Crippen LogP contribution >= 0.6 is 36.4 Å². The number of benzene rings is 2. The van der Waals surface area contributed by atoms with E-state index in [-0.39, 0.29) is 31.4 Å². The standard InChI is InChI=1S/C22H27ClN2O3.2ClH/c23-20-8-6-19(7-9-20)21(18-4-2-1-3-5-18)16-25-12-10-24(11-13-25)14-15-28-17-22(26)27;;/h1-9,21H,10-17H2,(H,26,27);2*1H. The third kappa shape index (κ3) is 8.42. The molecule has 1 aliphatic rings. The van der Waals surface area contributed by atoms with Crippen LogP contribution in [0.15, 0.2) is 54.6 Å². The minimum Gasteiger partial charge on any atom is -0.480 e. The van der Waals surface area contributed by atoms with Crippen molar-refractivity contribution in [2.24, 2.45) is 0 Å². The SMILES string of the molecule is Cl.Cl.O=C(O)COCCN1CCN(CC(c2ccccc2)c2ccc(Cl)cc2)CC1. The Balaban J connectivity index is 0.00000225. The molecule has 1 aliphatic heterocycles. The van der Waals surface area contributed by atoms with Crippen LogP contribution in [-0.4, -0.2) is 73.4 Å². The van der Waals surface area contributed by atoms with Crippen LogP contribution in [0, 0.1) is 0 Å². The van der Waals surface area contributed by atoms with Crippen LogP contribution in [0.3, 0.4) is 0 Å². The largest absolute Gasteiger partial charge is 0.480 e. The molecule has 1 saturated heterocycles. The summed E-state index contributed by atoms with van der Waals surface area (Å²) in [5, 5.41) is 9.38. The number of carboxylic acid groups (broad SMARTS) is 1. The number of rotatable bonds is 9. The summed E-state index contributed by atoms with van der Waals surface area (Å²) in [6.07, 6.45) is 0. The molecule has 1 unspecified atom stereocenters. The van der Waals surface area contributed by atoms with E-state index in [4.69, 9.17) is 21.4 Å². The summed E-state index contributed by atoms with van der Waals surface area (Å²) in [6.45, 7) is 5.92. The van der Waals surface area contributed by atoms with Gasteiger partial charge >= 0.3 is 5.97 Å². The first kappa shape index (κ1) is 26.7. The van der Waals surface area contributed by atoms with Gasteiger partial charge in [0.1, 0.15) is 6.61 Å². The molecule has 0 spiro atoms. The Hall–Kier alpha value is -1.34. The number of nitrogens with zero attached hydrogens (tertiary/aromatic N) is 2. The van der Waals surface area contributed by atoms with E-state index in [9.17, 15) is 4.79 Å². The molecule has 0 saturated carbocycles. The van der Waals surface area contributed by atoms with Gasteiger partial charge in [-0.2, -0.15) is 0 Å². The number of ether oxygens (including phenoxy) is 1. The Morgan fingerprint density at radius 1 is 0.933 bits per heavy atom. The van der Waals surface area contributed by atoms with Crippen LogP contribution in [0.25, 0.3) is 0 Å². The van der Waals surface area contributed by atoms with Crippen LogP contribution in [-0.2, 0) is 9.53 Å². The lowest BCUT2D eigenvalue weighted by atomic mass is 9.90. The van der Waals surface area contributed by atoms with Crippen molar-refractivity contribution < 1.29 is 14.6 Å². The average Bonchev–Trinajstić information content (AvgIpc) is 2.72. The second kappa shape index (κ2) is 13.9. The maximum Gasteiger partial charge on any atom is 0.329 e. The molecule has 0 aromatic heterocycles. The Labute approximate surface area is 195 Å². The Bertz CT molecular complexity index is 739. The van der Waals surface area contributed by atoms with E-state index < -0.39 is 5.97 Å². The molecule has 8 heteroatoms. The molecule has 166 valence electrons. The van der Waals surface area contributed by atoms with E-state index in [2.05, 4.69) is 46.2 Å². The van der Waals surface area contributed by atoms with Gasteiger partial charge in [-0.05, 0) is 23.3 Å². The molecule has 2 aromatic carbocycles. The van der Waals surface area contributed by atoms with Gasteiger partial charge in [0.15, 0.2) is 0 Å². The molecule has 1 atom stereocenters. The van der Waals surface area contributed by atoms with Crippen molar-refractivity contribution >= 4 is 42.4 Å². The third-order valence-electron chi connectivity index (χ3n) is 5.16. The van der Waals surface area contributed by atoms with Gasteiger partial charge in [0.25, 0.3) is 0 Å². The molecule has 5 nitrogen and oxygen atoms in total. The highest BCUT2D eigenvalue weighted by molar-refractivity contribution is 6.30. The number of piperazine rings is 1. The maximum absolute atomic E-state index is 10.5. The lowest BCUT2D eigenvalue weighted by molar-refractivity contribution is -0.142. The first-order valence-electron chi connectivity index (χ1n) is 9.66. The number of hydrogen-bond acceptors (Lipinski definition) is 4. The fourth-order valence-electron chi connectivity index (χ4n) is 3.59. The lowest BCUT2D eigenvalue weighted by Crippen LogP contribution is -2.48. The number of halogens is 3. The van der Waals surface area contributed by atoms with Crippen molar-refractivity contribution in [2.75, 3.05) is 52.5 Å². The molecular weight excluding hydrogens is 447 g/mol. The van der Waals surface area contributed by atoms with Crippen molar-refractivity contribution in [2.45, 2.75) is 5.92 Å². The summed E-state index contributed by atoms with van der Waals surface area (Å²) in [4.78, 5) is 15.3. The average molecular weight is 476 g/mol. The first-order chi connectivity index (χ1) is 13.6. The lowest BCUT2D eigenvalue weighted by Gasteiger charge is -2.36. The first-order valence-corrected chi connectivity index (χ1v) is 10.0. The van der Waals surface area contributed by atoms with Crippen LogP contribution < -0.4 is 0 Å². The Morgan fingerprint density at radius 2 is 1.50 bits per heavy atom. The summed E-state index contributed by atoms with van der Waals surface area (Å²) >= 11 is 6.08. The molecule has 0 bridgehead atoms. The third-order valence-corrected chi connectivity index (χ3v) is 5.41. The molecule has 0 aliphatic carbocycles. The molecule has 1 heterocycles. The van der Waals surface area contributed by atoms with Gasteiger partial charge in [-0.1, -0.05) is 54.1 Å². The normalized spacial score (nSPS) is 15.6. The van der Waals surface area contributed by atoms with Gasteiger partial charge < -0.3 is 9.84 Å². The molecule has 3 rings (SSSR count). The topological polar surface area (TPSA) is 53.0 Å². The van der Waals surface area contributed by atoms with Gasteiger partial charge in [-0.3, -0.25) is 9.80 Å². The Morgan fingerprint density at radius 3 is 2.10 bits per heavy atom. The van der Waals surface area contributed by atoms with E-state index in [1.165, 1.54) is 11.1 Å². The second-order valence-corrected chi connectivity index (χ2v) is 7.54. The Kier molecular flexibility index (Phi) is 12.3. The minimum atomic E-state index is -0.918. The number of carboxylic acids is 1. The predicted octanol–water partition coefficient (Wildman–Crippen LogP) is 4.03. The zero-order chi connectivity index (χ0) is 19.8. The van der Waals surface area contributed by atoms with Gasteiger partial charge in [0.2, 0.25) is 0 Å². The zero-order valence-corrected chi connectivity index (χ0v) is 19.2. The van der Waals surface area contributed by atoms with E-state index >= 15 is 0 Å². The van der Waals surface area contributed by atoms with Crippen LogP contribution in [0.5, 0.6) is 0 Å². The van der Waals surface area contributed by atoms with E-state index in [0.717, 1.165) is 44.3 Å². The number of aliphatic carboxylic acids is 1. The molecule has 1 N–H and O–H groups in total. The fraction of sp³-hybridized carbons (Fsp3) is 0.409. The van der Waals surface area contributed by atoms with E-state index in [0.29, 0.717) is 12.5 Å². The molecule has 0 radical (unpaired) electrons. The van der Waals surface area contributed by atoms with Crippen LogP contribution in [0.4, 0.5) is 0 Å². The highest BCUT2D eigenvalue weighted by Gasteiger charge is 2.22. The van der Waals surface area contributed by atoms with Crippen molar-refractivity contribution in [3.05, 3.63) is 70.7 Å². The monoisotopic (exact) mass is 474 g/mol. The van der Waals surface area contributed by atoms with E-state index in [1.54, 1.807) is 0 Å². The van der Waals surface area contributed by atoms with Crippen LogP contribution in [0.1, 0.15) is 17.0 Å². The maximum atomic E-state index is 10.5. The summed E-state index contributed by atoms with van der Waals surface area (Å²) in [5.41, 5.74) is 2.59. The number of hydrogen-bond donors (Lipinski definition) is 1. The van der Waals surface area contributed by atoms with Gasteiger partial charge in [0, 0.05) is 50.2 Å². The molecule has 1 fully saturated rings. The molecule has 0 amide bonds. The van der Waals surface area contributed by atoms with Gasteiger partial charge in [-0.15, -0.1) is 24.8 Å². The van der Waals surface area contributed by atoms with Crippen LogP contribution in [0.2, 0.25) is 5.02 Å². The summed E-state index contributed by atoms with van der Waals surface area (Å²) in [5.74, 6) is -0.608. The minimum absolute atomic E-state index is 0. The highest BCUT2D eigenvalue weighted by Crippen LogP contribution is 2.27. The quantitative estimate of drug-likeness (QED) is 0.555. The summed E-state index contributed by atoms with van der Waals surface area (Å²) in [7, 11) is 0. The molecule has 2 aromatic rings. The highest BCUT2D eigenvalue weighted by atomic mass is 35.5. The zero-order valence-electron chi connectivity index (χ0n) is 16.8. The van der Waals surface area contributed by atoms with Crippen molar-refractivity contribution in [3.8, 4) is 0 Å². The van der Waals surface area contributed by atoms with Crippen molar-refractivity contribution in [3.63, 3.8) is 0 Å². The van der Waals surface area contributed by atoms with Crippen molar-refractivity contribution in [1.29, 1.82) is 0 Å². The van der Waals surface area contributed by atoms with E-state index in [1.807, 2.05) is 18.2 Å². The van der Waals surface area contributed by atoms with Crippen molar-refractivity contribution in [1.82, 2.24) is 9.80 Å². The number of carbonyl (C=O) groups is 1.